The summed E-state index contributed by atoms with van der Waals surface area (Å²) >= 11 is 0. The number of benzene rings is 1. The van der Waals surface area contributed by atoms with Crippen LogP contribution in [0.25, 0.3) is 0 Å². The van der Waals surface area contributed by atoms with Crippen LogP contribution in [0, 0.1) is 11.3 Å². The second-order valence-corrected chi connectivity index (χ2v) is 8.73. The van der Waals surface area contributed by atoms with E-state index >= 15 is 0 Å². The van der Waals surface area contributed by atoms with Gasteiger partial charge in [-0.1, -0.05) is 52.3 Å². The van der Waals surface area contributed by atoms with Gasteiger partial charge in [0.1, 0.15) is 0 Å². The first kappa shape index (κ1) is 20.8. The van der Waals surface area contributed by atoms with E-state index in [4.69, 9.17) is 9.47 Å². The van der Waals surface area contributed by atoms with Crippen LogP contribution in [0.15, 0.2) is 24.8 Å². The lowest BCUT2D eigenvalue weighted by Crippen LogP contribution is -2.50. The number of rotatable bonds is 7. The zero-order chi connectivity index (χ0) is 19.5. The van der Waals surface area contributed by atoms with Crippen LogP contribution in [0.4, 0.5) is 0 Å². The SMILES string of the molecule is C=CC[C@H]1C(C)(C)CCC[C@]1(O)Cc1ccc(C(C)C)c(OC)c1OC. The van der Waals surface area contributed by atoms with Crippen molar-refractivity contribution in [2.75, 3.05) is 14.2 Å². The highest BCUT2D eigenvalue weighted by atomic mass is 16.5. The summed E-state index contributed by atoms with van der Waals surface area (Å²) in [6, 6.07) is 4.21. The molecule has 0 aliphatic heterocycles. The number of ether oxygens (including phenoxy) is 2. The van der Waals surface area contributed by atoms with Gasteiger partial charge in [-0.25, -0.2) is 0 Å². The number of hydrogen-bond donors (Lipinski definition) is 1. The molecule has 3 heteroatoms. The summed E-state index contributed by atoms with van der Waals surface area (Å²) in [5, 5.41) is 11.7. The Hall–Kier alpha value is -1.48. The Morgan fingerprint density at radius 2 is 1.85 bits per heavy atom. The molecule has 1 aromatic rings. The van der Waals surface area contributed by atoms with Crippen LogP contribution < -0.4 is 9.47 Å². The number of aliphatic hydroxyl groups is 1. The predicted molar refractivity (Wildman–Crippen MR) is 108 cm³/mol. The first-order chi connectivity index (χ1) is 12.2. The molecule has 1 aliphatic carbocycles. The van der Waals surface area contributed by atoms with Gasteiger partial charge in [0.2, 0.25) is 0 Å². The number of allylic oxidation sites excluding steroid dienone is 1. The van der Waals surface area contributed by atoms with Gasteiger partial charge in [0.25, 0.3) is 0 Å². The summed E-state index contributed by atoms with van der Waals surface area (Å²) in [6.45, 7) is 12.8. The first-order valence-corrected chi connectivity index (χ1v) is 9.77. The molecule has 146 valence electrons. The summed E-state index contributed by atoms with van der Waals surface area (Å²) in [5.41, 5.74) is 1.49. The van der Waals surface area contributed by atoms with Gasteiger partial charge in [-0.15, -0.1) is 6.58 Å². The monoisotopic (exact) mass is 360 g/mol. The normalized spacial score (nSPS) is 25.2. The van der Waals surface area contributed by atoms with Crippen LogP contribution in [0.3, 0.4) is 0 Å². The lowest BCUT2D eigenvalue weighted by molar-refractivity contribution is -0.100. The van der Waals surface area contributed by atoms with Crippen molar-refractivity contribution in [1.29, 1.82) is 0 Å². The molecule has 0 bridgehead atoms. The zero-order valence-electron chi connectivity index (χ0n) is 17.4. The summed E-state index contributed by atoms with van der Waals surface area (Å²) in [4.78, 5) is 0. The van der Waals surface area contributed by atoms with Gasteiger partial charge in [0, 0.05) is 17.5 Å². The van der Waals surface area contributed by atoms with E-state index in [2.05, 4.69) is 46.4 Å². The van der Waals surface area contributed by atoms with Gasteiger partial charge in [-0.3, -0.25) is 0 Å². The second kappa shape index (κ2) is 8.04. The third-order valence-corrected chi connectivity index (χ3v) is 6.18. The first-order valence-electron chi connectivity index (χ1n) is 9.77. The maximum absolute atomic E-state index is 11.7. The highest BCUT2D eigenvalue weighted by Crippen LogP contribution is 2.50. The molecule has 0 aromatic heterocycles. The minimum absolute atomic E-state index is 0.0936. The molecule has 1 N–H and O–H groups in total. The van der Waals surface area contributed by atoms with Crippen molar-refractivity contribution in [3.05, 3.63) is 35.9 Å². The Labute approximate surface area is 159 Å². The molecule has 0 unspecified atom stereocenters. The van der Waals surface area contributed by atoms with Crippen molar-refractivity contribution in [3.63, 3.8) is 0 Å². The van der Waals surface area contributed by atoms with E-state index in [0.717, 1.165) is 48.3 Å². The lowest BCUT2D eigenvalue weighted by Gasteiger charge is -2.49. The van der Waals surface area contributed by atoms with E-state index in [1.807, 2.05) is 6.08 Å². The van der Waals surface area contributed by atoms with Crippen LogP contribution in [-0.2, 0) is 6.42 Å². The van der Waals surface area contributed by atoms with Crippen LogP contribution in [-0.4, -0.2) is 24.9 Å². The van der Waals surface area contributed by atoms with Crippen molar-refractivity contribution >= 4 is 0 Å². The minimum Gasteiger partial charge on any atom is -0.493 e. The molecule has 1 aromatic carbocycles. The van der Waals surface area contributed by atoms with E-state index in [1.54, 1.807) is 14.2 Å². The fourth-order valence-electron chi connectivity index (χ4n) is 4.82. The molecule has 0 radical (unpaired) electrons. The molecule has 0 saturated heterocycles. The van der Waals surface area contributed by atoms with Crippen molar-refractivity contribution in [3.8, 4) is 11.5 Å². The van der Waals surface area contributed by atoms with Crippen LogP contribution in [0.2, 0.25) is 0 Å². The molecule has 1 fully saturated rings. The van der Waals surface area contributed by atoms with Crippen LogP contribution in [0.1, 0.15) is 70.4 Å². The predicted octanol–water partition coefficient (Wildman–Crippen LogP) is 5.50. The van der Waals surface area contributed by atoms with Crippen molar-refractivity contribution in [2.24, 2.45) is 11.3 Å². The maximum atomic E-state index is 11.7. The second-order valence-electron chi connectivity index (χ2n) is 8.73. The highest BCUT2D eigenvalue weighted by Gasteiger charge is 2.47. The summed E-state index contributed by atoms with van der Waals surface area (Å²) in [7, 11) is 3.37. The minimum atomic E-state index is -0.756. The Morgan fingerprint density at radius 1 is 1.19 bits per heavy atom. The summed E-state index contributed by atoms with van der Waals surface area (Å²) < 4.78 is 11.4. The average molecular weight is 361 g/mol. The lowest BCUT2D eigenvalue weighted by atomic mass is 9.59. The van der Waals surface area contributed by atoms with Crippen LogP contribution in [0.5, 0.6) is 11.5 Å². The van der Waals surface area contributed by atoms with Crippen molar-refractivity contribution in [1.82, 2.24) is 0 Å². The summed E-state index contributed by atoms with van der Waals surface area (Å²) in [5.74, 6) is 2.08. The standard InChI is InChI=1S/C23H36O3/c1-8-10-19-22(4,5)13-9-14-23(19,24)15-17-11-12-18(16(2)3)21(26-7)20(17)25-6/h8,11-12,16,19,24H,1,9-10,13-15H2,2-7H3/t19-,23-/m0/s1. The van der Waals surface area contributed by atoms with E-state index in [1.165, 1.54) is 0 Å². The van der Waals surface area contributed by atoms with Gasteiger partial charge in [-0.05, 0) is 36.5 Å². The Kier molecular flexibility index (Phi) is 6.44. The third kappa shape index (κ3) is 3.93. The van der Waals surface area contributed by atoms with Crippen LogP contribution >= 0.6 is 0 Å². The molecule has 2 atom stereocenters. The summed E-state index contributed by atoms with van der Waals surface area (Å²) in [6.07, 6.45) is 6.34. The molecule has 3 nitrogen and oxygen atoms in total. The molecule has 26 heavy (non-hydrogen) atoms. The third-order valence-electron chi connectivity index (χ3n) is 6.18. The van der Waals surface area contributed by atoms with Crippen molar-refractivity contribution in [2.45, 2.75) is 71.3 Å². The quantitative estimate of drug-likeness (QED) is 0.652. The van der Waals surface area contributed by atoms with E-state index in [9.17, 15) is 5.11 Å². The Morgan fingerprint density at radius 3 is 2.38 bits per heavy atom. The largest absolute Gasteiger partial charge is 0.493 e. The van der Waals surface area contributed by atoms with Gasteiger partial charge in [0.15, 0.2) is 11.5 Å². The smallest absolute Gasteiger partial charge is 0.164 e. The van der Waals surface area contributed by atoms with Gasteiger partial charge >= 0.3 is 0 Å². The van der Waals surface area contributed by atoms with Gasteiger partial charge in [0.05, 0.1) is 19.8 Å². The average Bonchev–Trinajstić information content (AvgIpc) is 2.57. The van der Waals surface area contributed by atoms with E-state index in [0.29, 0.717) is 12.3 Å². The Bertz CT molecular complexity index is 633. The maximum Gasteiger partial charge on any atom is 0.164 e. The van der Waals surface area contributed by atoms with E-state index in [-0.39, 0.29) is 11.3 Å². The van der Waals surface area contributed by atoms with E-state index < -0.39 is 5.60 Å². The topological polar surface area (TPSA) is 38.7 Å². The fraction of sp³-hybridized carbons (Fsp3) is 0.652. The van der Waals surface area contributed by atoms with Gasteiger partial charge in [-0.2, -0.15) is 0 Å². The molecule has 1 aliphatic rings. The Balaban J connectivity index is 2.46. The fourth-order valence-corrected chi connectivity index (χ4v) is 4.82. The number of methoxy groups -OCH3 is 2. The molecule has 0 amide bonds. The molecule has 1 saturated carbocycles. The molecular weight excluding hydrogens is 324 g/mol. The highest BCUT2D eigenvalue weighted by molar-refractivity contribution is 5.53. The zero-order valence-corrected chi connectivity index (χ0v) is 17.4. The van der Waals surface area contributed by atoms with Crippen molar-refractivity contribution < 1.29 is 14.6 Å². The molecular formula is C23H36O3. The molecule has 2 rings (SSSR count). The van der Waals surface area contributed by atoms with Gasteiger partial charge < -0.3 is 14.6 Å². The number of hydrogen-bond acceptors (Lipinski definition) is 3. The molecule has 0 heterocycles. The molecule has 0 spiro atoms.